The molecule has 2 aliphatic carbocycles. The van der Waals surface area contributed by atoms with E-state index in [0.29, 0.717) is 11.5 Å². The standard InChI is InChI=1S/C34H37N3O3/c1-6-23-15-25-17-31(39-4)32(40-5)18-27(25)34(33(23)38)19-28(34)24-12-13-26-29(35-36-30(26)16-24)14-11-21-7-9-22(10-8-21)20-37(2)3/h7-14,16-18,23,28H,6,15,19-20H2,1-5H3,(H,35,36)/b14-11+. The first-order valence-electron chi connectivity index (χ1n) is 14.1. The van der Waals surface area contributed by atoms with Crippen LogP contribution in [0.4, 0.5) is 0 Å². The highest BCUT2D eigenvalue weighted by molar-refractivity contribution is 6.00. The van der Waals surface area contributed by atoms with Gasteiger partial charge in [-0.3, -0.25) is 9.89 Å². The molecule has 0 amide bonds. The number of nitrogens with zero attached hydrogens (tertiary/aromatic N) is 2. The zero-order valence-electron chi connectivity index (χ0n) is 24.0. The predicted octanol–water partition coefficient (Wildman–Crippen LogP) is 6.39. The van der Waals surface area contributed by atoms with Gasteiger partial charge in [0.25, 0.3) is 0 Å². The van der Waals surface area contributed by atoms with Crippen LogP contribution in [0.5, 0.6) is 11.5 Å². The largest absolute Gasteiger partial charge is 0.493 e. The van der Waals surface area contributed by atoms with E-state index < -0.39 is 5.41 Å². The number of fused-ring (bicyclic) bond motifs is 3. The second-order valence-corrected chi connectivity index (χ2v) is 11.5. The zero-order valence-corrected chi connectivity index (χ0v) is 24.0. The number of nitrogens with one attached hydrogen (secondary N) is 1. The molecule has 0 aliphatic heterocycles. The van der Waals surface area contributed by atoms with E-state index in [2.05, 4.69) is 96.8 Å². The lowest BCUT2D eigenvalue weighted by Crippen LogP contribution is -2.36. The highest BCUT2D eigenvalue weighted by atomic mass is 16.5. The van der Waals surface area contributed by atoms with E-state index in [-0.39, 0.29) is 11.8 Å². The van der Waals surface area contributed by atoms with Gasteiger partial charge in [0.05, 0.1) is 30.8 Å². The molecule has 3 aromatic carbocycles. The first kappa shape index (κ1) is 26.3. The summed E-state index contributed by atoms with van der Waals surface area (Å²) in [5, 5.41) is 8.90. The van der Waals surface area contributed by atoms with Gasteiger partial charge in [0, 0.05) is 23.8 Å². The average Bonchev–Trinajstić information content (AvgIpc) is 3.58. The third kappa shape index (κ3) is 4.40. The summed E-state index contributed by atoms with van der Waals surface area (Å²) < 4.78 is 11.2. The fraction of sp³-hybridized carbons (Fsp3) is 0.353. The Morgan fingerprint density at radius 3 is 2.48 bits per heavy atom. The van der Waals surface area contributed by atoms with Crippen molar-refractivity contribution in [3.8, 4) is 11.5 Å². The first-order chi connectivity index (χ1) is 19.4. The number of H-pyrrole nitrogens is 1. The second-order valence-electron chi connectivity index (χ2n) is 11.5. The summed E-state index contributed by atoms with van der Waals surface area (Å²) in [5.41, 5.74) is 7.32. The van der Waals surface area contributed by atoms with Gasteiger partial charge in [0.15, 0.2) is 11.5 Å². The molecule has 1 heterocycles. The van der Waals surface area contributed by atoms with Crippen molar-refractivity contribution in [2.45, 2.75) is 44.1 Å². The van der Waals surface area contributed by atoms with Crippen LogP contribution in [0.2, 0.25) is 0 Å². The molecule has 40 heavy (non-hydrogen) atoms. The van der Waals surface area contributed by atoms with Crippen molar-refractivity contribution in [1.29, 1.82) is 0 Å². The molecule has 6 nitrogen and oxygen atoms in total. The van der Waals surface area contributed by atoms with E-state index in [0.717, 1.165) is 59.3 Å². The fourth-order valence-electron chi connectivity index (χ4n) is 6.60. The molecule has 1 N–H and O–H groups in total. The predicted molar refractivity (Wildman–Crippen MR) is 160 cm³/mol. The minimum Gasteiger partial charge on any atom is -0.493 e. The molecular formula is C34H37N3O3. The number of ketones is 1. The smallest absolute Gasteiger partial charge is 0.161 e. The van der Waals surface area contributed by atoms with E-state index >= 15 is 0 Å². The van der Waals surface area contributed by atoms with Gasteiger partial charge < -0.3 is 14.4 Å². The van der Waals surface area contributed by atoms with Crippen molar-refractivity contribution in [3.05, 3.63) is 88.1 Å². The van der Waals surface area contributed by atoms with Gasteiger partial charge in [-0.25, -0.2) is 0 Å². The third-order valence-corrected chi connectivity index (χ3v) is 8.75. The molecule has 6 rings (SSSR count). The van der Waals surface area contributed by atoms with E-state index in [4.69, 9.17) is 9.47 Å². The Morgan fingerprint density at radius 2 is 1.77 bits per heavy atom. The Balaban J connectivity index is 1.29. The molecule has 206 valence electrons. The lowest BCUT2D eigenvalue weighted by Gasteiger charge is -2.32. The molecule has 3 atom stereocenters. The summed E-state index contributed by atoms with van der Waals surface area (Å²) in [7, 11) is 7.47. The molecule has 1 aromatic heterocycles. The first-order valence-corrected chi connectivity index (χ1v) is 14.1. The lowest BCUT2D eigenvalue weighted by atomic mass is 9.70. The maximum atomic E-state index is 13.9. The van der Waals surface area contributed by atoms with Crippen molar-refractivity contribution < 1.29 is 14.3 Å². The van der Waals surface area contributed by atoms with Gasteiger partial charge in [-0.15, -0.1) is 0 Å². The topological polar surface area (TPSA) is 67.5 Å². The summed E-state index contributed by atoms with van der Waals surface area (Å²) in [6, 6.07) is 19.2. The van der Waals surface area contributed by atoms with Crippen LogP contribution >= 0.6 is 0 Å². The van der Waals surface area contributed by atoms with Crippen LogP contribution in [0.15, 0.2) is 54.6 Å². The highest BCUT2D eigenvalue weighted by Crippen LogP contribution is 2.65. The molecule has 0 radical (unpaired) electrons. The van der Waals surface area contributed by atoms with Gasteiger partial charge in [0.1, 0.15) is 5.78 Å². The van der Waals surface area contributed by atoms with Gasteiger partial charge in [-0.05, 0) is 85.5 Å². The second kappa shape index (κ2) is 10.3. The number of methoxy groups -OCH3 is 2. The Bertz CT molecular complexity index is 1600. The van der Waals surface area contributed by atoms with E-state index in [1.54, 1.807) is 14.2 Å². The molecule has 6 heteroatoms. The van der Waals surface area contributed by atoms with Crippen LogP contribution in [0.1, 0.15) is 59.2 Å². The van der Waals surface area contributed by atoms with Crippen molar-refractivity contribution >= 4 is 28.8 Å². The number of hydrogen-bond donors (Lipinski definition) is 1. The third-order valence-electron chi connectivity index (χ3n) is 8.75. The number of aromatic amines is 1. The number of carbonyl (C=O) groups excluding carboxylic acids is 1. The summed E-state index contributed by atoms with van der Waals surface area (Å²) in [6.45, 7) is 3.04. The van der Waals surface area contributed by atoms with Crippen molar-refractivity contribution in [2.75, 3.05) is 28.3 Å². The van der Waals surface area contributed by atoms with E-state index in [1.807, 2.05) is 6.07 Å². The summed E-state index contributed by atoms with van der Waals surface area (Å²) in [5.74, 6) is 1.94. The number of carbonyl (C=O) groups is 1. The molecule has 1 saturated carbocycles. The number of rotatable bonds is 8. The Kier molecular flexibility index (Phi) is 6.75. The zero-order chi connectivity index (χ0) is 28.0. The number of Topliss-reactive ketones (excluding diaryl/α,β-unsaturated/α-hetero) is 1. The normalized spacial score (nSPS) is 21.9. The Morgan fingerprint density at radius 1 is 1.02 bits per heavy atom. The molecule has 0 bridgehead atoms. The van der Waals surface area contributed by atoms with Crippen LogP contribution in [0.25, 0.3) is 23.1 Å². The monoisotopic (exact) mass is 535 g/mol. The fourth-order valence-corrected chi connectivity index (χ4v) is 6.60. The molecule has 3 unspecified atom stereocenters. The minimum atomic E-state index is -0.497. The van der Waals surface area contributed by atoms with Gasteiger partial charge in [-0.2, -0.15) is 5.10 Å². The van der Waals surface area contributed by atoms with Crippen LogP contribution < -0.4 is 9.47 Å². The molecule has 1 spiro atoms. The maximum absolute atomic E-state index is 13.9. The molecule has 0 saturated heterocycles. The number of aromatic nitrogens is 2. The van der Waals surface area contributed by atoms with Gasteiger partial charge >= 0.3 is 0 Å². The Hall–Kier alpha value is -3.90. The van der Waals surface area contributed by atoms with E-state index in [9.17, 15) is 4.79 Å². The SMILES string of the molecule is CCC1Cc2cc(OC)c(OC)cc2C2(CC2c2ccc3c(/C=C/c4ccc(CN(C)C)cc4)n[nH]c3c2)C1=O. The molecule has 2 aliphatic rings. The van der Waals surface area contributed by atoms with Crippen molar-refractivity contribution in [2.24, 2.45) is 5.92 Å². The van der Waals surface area contributed by atoms with E-state index in [1.165, 1.54) is 16.7 Å². The Labute approximate surface area is 236 Å². The number of benzene rings is 3. The molecule has 4 aromatic rings. The van der Waals surface area contributed by atoms with Crippen molar-refractivity contribution in [3.63, 3.8) is 0 Å². The van der Waals surface area contributed by atoms with Crippen LogP contribution in [-0.2, 0) is 23.2 Å². The quantitative estimate of drug-likeness (QED) is 0.283. The average molecular weight is 536 g/mol. The van der Waals surface area contributed by atoms with Crippen molar-refractivity contribution in [1.82, 2.24) is 15.1 Å². The summed E-state index contributed by atoms with van der Waals surface area (Å²) in [6.07, 6.45) is 6.58. The van der Waals surface area contributed by atoms with Crippen LogP contribution in [0, 0.1) is 5.92 Å². The molecular weight excluding hydrogens is 498 g/mol. The lowest BCUT2D eigenvalue weighted by molar-refractivity contribution is -0.126. The number of ether oxygens (including phenoxy) is 2. The van der Waals surface area contributed by atoms with Gasteiger partial charge in [-0.1, -0.05) is 49.4 Å². The number of hydrogen-bond acceptors (Lipinski definition) is 5. The minimum absolute atomic E-state index is 0.0279. The van der Waals surface area contributed by atoms with Gasteiger partial charge in [0.2, 0.25) is 0 Å². The summed E-state index contributed by atoms with van der Waals surface area (Å²) in [4.78, 5) is 16.1. The maximum Gasteiger partial charge on any atom is 0.161 e. The highest BCUT2D eigenvalue weighted by Gasteiger charge is 2.64. The van der Waals surface area contributed by atoms with Crippen LogP contribution in [-0.4, -0.2) is 49.2 Å². The van der Waals surface area contributed by atoms with Crippen LogP contribution in [0.3, 0.4) is 0 Å². The molecule has 1 fully saturated rings. The summed E-state index contributed by atoms with van der Waals surface area (Å²) >= 11 is 0.